The molecular weight excluding hydrogens is 402 g/mol. The summed E-state index contributed by atoms with van der Waals surface area (Å²) in [6.45, 7) is 7.80. The third-order valence-corrected chi connectivity index (χ3v) is 7.01. The monoisotopic (exact) mass is 433 g/mol. The molecule has 0 spiro atoms. The van der Waals surface area contributed by atoms with Gasteiger partial charge >= 0.3 is 0 Å². The van der Waals surface area contributed by atoms with Crippen LogP contribution in [0.4, 0.5) is 11.4 Å². The van der Waals surface area contributed by atoms with Crippen LogP contribution < -0.4 is 15.0 Å². The van der Waals surface area contributed by atoms with E-state index in [1.807, 2.05) is 25.1 Å². The van der Waals surface area contributed by atoms with Crippen LogP contribution in [0.2, 0.25) is 0 Å². The Kier molecular flexibility index (Phi) is 5.55. The number of carbonyl (C=O) groups excluding carboxylic acids is 1. The lowest BCUT2D eigenvalue weighted by Crippen LogP contribution is -2.39. The molecule has 0 aliphatic carbocycles. The first-order valence-electron chi connectivity index (χ1n) is 11.5. The molecule has 2 aliphatic rings. The Balaban J connectivity index is 1.27. The van der Waals surface area contributed by atoms with Crippen molar-refractivity contribution in [2.24, 2.45) is 0 Å². The van der Waals surface area contributed by atoms with Crippen molar-refractivity contribution in [3.8, 4) is 5.75 Å². The minimum absolute atomic E-state index is 0.250. The number of likely N-dealkylation sites (tertiary alicyclic amines) is 1. The van der Waals surface area contributed by atoms with Gasteiger partial charge in [0.1, 0.15) is 11.3 Å². The van der Waals surface area contributed by atoms with Gasteiger partial charge in [-0.15, -0.1) is 0 Å². The highest BCUT2D eigenvalue weighted by Crippen LogP contribution is 2.31. The molecule has 2 fully saturated rings. The van der Waals surface area contributed by atoms with Crippen LogP contribution in [0.3, 0.4) is 0 Å². The standard InChI is InChI=1S/C26H31N3O3/c1-17-13-20(28-12-10-21(16-28)29-11-4-5-18(29)2)7-9-23(17)27-26(30)25-14-19-6-8-22(31-3)15-24(19)32-25/h6-9,13-15,18,21H,4-5,10-12,16H2,1-3H3,(H,27,30). The van der Waals surface area contributed by atoms with E-state index in [0.717, 1.165) is 29.7 Å². The molecule has 1 amide bonds. The van der Waals surface area contributed by atoms with Gasteiger partial charge < -0.3 is 19.4 Å². The highest BCUT2D eigenvalue weighted by molar-refractivity contribution is 6.05. The van der Waals surface area contributed by atoms with Crippen molar-refractivity contribution in [1.29, 1.82) is 0 Å². The van der Waals surface area contributed by atoms with E-state index in [1.54, 1.807) is 19.2 Å². The molecule has 2 aromatic carbocycles. The quantitative estimate of drug-likeness (QED) is 0.609. The van der Waals surface area contributed by atoms with Crippen LogP contribution in [-0.2, 0) is 0 Å². The molecule has 6 nitrogen and oxygen atoms in total. The summed E-state index contributed by atoms with van der Waals surface area (Å²) in [6.07, 6.45) is 3.87. The second-order valence-corrected chi connectivity index (χ2v) is 9.09. The number of hydrogen-bond donors (Lipinski definition) is 1. The van der Waals surface area contributed by atoms with Crippen LogP contribution in [0, 0.1) is 6.92 Å². The smallest absolute Gasteiger partial charge is 0.291 e. The number of methoxy groups -OCH3 is 1. The van der Waals surface area contributed by atoms with Gasteiger partial charge in [-0.05, 0) is 81.6 Å². The number of furan rings is 1. The van der Waals surface area contributed by atoms with E-state index in [4.69, 9.17) is 9.15 Å². The zero-order valence-electron chi connectivity index (χ0n) is 19.1. The maximum Gasteiger partial charge on any atom is 0.291 e. The molecule has 2 aliphatic heterocycles. The molecule has 32 heavy (non-hydrogen) atoms. The normalized spacial score (nSPS) is 21.4. The van der Waals surface area contributed by atoms with Crippen molar-refractivity contribution in [3.05, 3.63) is 53.8 Å². The van der Waals surface area contributed by atoms with E-state index in [0.29, 0.717) is 29.2 Å². The van der Waals surface area contributed by atoms with Crippen LogP contribution in [0.15, 0.2) is 46.9 Å². The van der Waals surface area contributed by atoms with Crippen molar-refractivity contribution in [1.82, 2.24) is 4.90 Å². The fourth-order valence-corrected chi connectivity index (χ4v) is 5.16. The number of hydrogen-bond acceptors (Lipinski definition) is 5. The van der Waals surface area contributed by atoms with Crippen molar-refractivity contribution in [3.63, 3.8) is 0 Å². The van der Waals surface area contributed by atoms with Gasteiger partial charge in [0.05, 0.1) is 7.11 Å². The Labute approximate surface area is 189 Å². The van der Waals surface area contributed by atoms with Gasteiger partial charge in [-0.3, -0.25) is 9.69 Å². The number of nitrogens with zero attached hydrogens (tertiary/aromatic N) is 2. The largest absolute Gasteiger partial charge is 0.497 e. The van der Waals surface area contributed by atoms with Crippen LogP contribution in [0.1, 0.15) is 42.3 Å². The van der Waals surface area contributed by atoms with Gasteiger partial charge in [-0.25, -0.2) is 0 Å². The number of benzene rings is 2. The lowest BCUT2D eigenvalue weighted by Gasteiger charge is -2.28. The fraction of sp³-hybridized carbons (Fsp3) is 0.423. The molecule has 1 N–H and O–H groups in total. The third-order valence-electron chi connectivity index (χ3n) is 7.01. The number of aryl methyl sites for hydroxylation is 1. The molecule has 3 heterocycles. The minimum Gasteiger partial charge on any atom is -0.497 e. The van der Waals surface area contributed by atoms with Crippen molar-refractivity contribution in [2.45, 2.75) is 45.2 Å². The summed E-state index contributed by atoms with van der Waals surface area (Å²) in [6, 6.07) is 14.9. The van der Waals surface area contributed by atoms with Crippen LogP contribution in [-0.4, -0.2) is 49.6 Å². The van der Waals surface area contributed by atoms with E-state index in [-0.39, 0.29) is 5.91 Å². The second kappa shape index (κ2) is 8.51. The summed E-state index contributed by atoms with van der Waals surface area (Å²) in [5.41, 5.74) is 3.72. The molecule has 168 valence electrons. The SMILES string of the molecule is COc1ccc2cc(C(=O)Nc3ccc(N4CCC(N5CCCC5C)C4)cc3C)oc2c1. The summed E-state index contributed by atoms with van der Waals surface area (Å²) in [4.78, 5) is 18.0. The highest BCUT2D eigenvalue weighted by Gasteiger charge is 2.33. The Morgan fingerprint density at radius 1 is 1.12 bits per heavy atom. The molecule has 0 bridgehead atoms. The molecule has 6 heteroatoms. The van der Waals surface area contributed by atoms with Gasteiger partial charge in [0, 0.05) is 48.0 Å². The molecule has 2 saturated heterocycles. The average Bonchev–Trinajstić information content (AvgIpc) is 3.53. The third kappa shape index (κ3) is 3.95. The lowest BCUT2D eigenvalue weighted by molar-refractivity contribution is 0.0998. The van der Waals surface area contributed by atoms with Gasteiger partial charge in [-0.1, -0.05) is 0 Å². The van der Waals surface area contributed by atoms with E-state index < -0.39 is 0 Å². The predicted molar refractivity (Wildman–Crippen MR) is 128 cm³/mol. The summed E-state index contributed by atoms with van der Waals surface area (Å²) in [5, 5.41) is 3.88. The zero-order valence-corrected chi connectivity index (χ0v) is 19.1. The number of fused-ring (bicyclic) bond motifs is 1. The topological polar surface area (TPSA) is 58.0 Å². The molecule has 3 aromatic rings. The Bertz CT molecular complexity index is 1140. The minimum atomic E-state index is -0.250. The number of anilines is 2. The fourth-order valence-electron chi connectivity index (χ4n) is 5.16. The molecule has 2 unspecified atom stereocenters. The van der Waals surface area contributed by atoms with Gasteiger partial charge in [-0.2, -0.15) is 0 Å². The first-order chi connectivity index (χ1) is 15.5. The first-order valence-corrected chi connectivity index (χ1v) is 11.5. The number of rotatable bonds is 5. The molecule has 0 radical (unpaired) electrons. The number of nitrogens with one attached hydrogen (secondary N) is 1. The van der Waals surface area contributed by atoms with Crippen LogP contribution in [0.5, 0.6) is 5.75 Å². The maximum atomic E-state index is 12.8. The Hall–Kier alpha value is -2.99. The Morgan fingerprint density at radius 2 is 2.00 bits per heavy atom. The molecule has 0 saturated carbocycles. The summed E-state index contributed by atoms with van der Waals surface area (Å²) >= 11 is 0. The summed E-state index contributed by atoms with van der Waals surface area (Å²) < 4.78 is 11.0. The number of carbonyl (C=O) groups is 1. The first kappa shape index (κ1) is 20.9. The highest BCUT2D eigenvalue weighted by atomic mass is 16.5. The number of ether oxygens (including phenoxy) is 1. The zero-order chi connectivity index (χ0) is 22.2. The molecule has 2 atom stereocenters. The predicted octanol–water partition coefficient (Wildman–Crippen LogP) is 5.07. The van der Waals surface area contributed by atoms with Crippen LogP contribution in [0.25, 0.3) is 11.0 Å². The van der Waals surface area contributed by atoms with Crippen molar-refractivity contribution >= 4 is 28.3 Å². The second-order valence-electron chi connectivity index (χ2n) is 9.09. The van der Waals surface area contributed by atoms with Crippen LogP contribution >= 0.6 is 0 Å². The van der Waals surface area contributed by atoms with E-state index in [1.165, 1.54) is 31.5 Å². The average molecular weight is 434 g/mol. The molecule has 5 rings (SSSR count). The molecular formula is C26H31N3O3. The molecule has 1 aromatic heterocycles. The van der Waals surface area contributed by atoms with Gasteiger partial charge in [0.2, 0.25) is 0 Å². The van der Waals surface area contributed by atoms with E-state index in [9.17, 15) is 4.79 Å². The van der Waals surface area contributed by atoms with Gasteiger partial charge in [0.15, 0.2) is 5.76 Å². The van der Waals surface area contributed by atoms with Gasteiger partial charge in [0.25, 0.3) is 5.91 Å². The Morgan fingerprint density at radius 3 is 2.75 bits per heavy atom. The lowest BCUT2D eigenvalue weighted by atomic mass is 10.1. The van der Waals surface area contributed by atoms with Crippen molar-refractivity contribution < 1.29 is 13.9 Å². The summed E-state index contributed by atoms with van der Waals surface area (Å²) in [5.74, 6) is 0.743. The van der Waals surface area contributed by atoms with Crippen molar-refractivity contribution in [2.75, 3.05) is 37.0 Å². The van der Waals surface area contributed by atoms with E-state index >= 15 is 0 Å². The maximum absolute atomic E-state index is 12.8. The van der Waals surface area contributed by atoms with E-state index in [2.05, 4.69) is 34.2 Å². The number of amides is 1. The summed E-state index contributed by atoms with van der Waals surface area (Å²) in [7, 11) is 1.61.